The van der Waals surface area contributed by atoms with E-state index in [1.54, 1.807) is 6.20 Å². The van der Waals surface area contributed by atoms with E-state index in [4.69, 9.17) is 4.74 Å². The predicted octanol–water partition coefficient (Wildman–Crippen LogP) is 6.55. The molecule has 6 nitrogen and oxygen atoms in total. The van der Waals surface area contributed by atoms with Gasteiger partial charge in [-0.3, -0.25) is 4.79 Å². The molecule has 0 atom stereocenters. The summed E-state index contributed by atoms with van der Waals surface area (Å²) in [5.74, 6) is 1.26. The molecule has 1 amide bonds. The van der Waals surface area contributed by atoms with Gasteiger partial charge < -0.3 is 19.5 Å². The van der Waals surface area contributed by atoms with Gasteiger partial charge in [0.2, 0.25) is 0 Å². The minimum absolute atomic E-state index is 0. The molecule has 198 valence electrons. The van der Waals surface area contributed by atoms with E-state index in [9.17, 15) is 4.79 Å². The van der Waals surface area contributed by atoms with Gasteiger partial charge in [-0.1, -0.05) is 38.1 Å². The number of rotatable bonds is 6. The third-order valence-corrected chi connectivity index (χ3v) is 7.60. The second-order valence-corrected chi connectivity index (χ2v) is 10.7. The molecule has 2 aliphatic rings. The van der Waals surface area contributed by atoms with Gasteiger partial charge in [0.15, 0.2) is 17.4 Å². The number of aromatic nitrogens is 2. The lowest BCUT2D eigenvalue weighted by Crippen LogP contribution is -2.49. The Balaban J connectivity index is 0.00000308. The topological polar surface area (TPSA) is 61.5 Å². The molecule has 2 aromatic heterocycles. The molecule has 6 rings (SSSR count). The molecule has 0 spiro atoms. The van der Waals surface area contributed by atoms with E-state index in [0.717, 1.165) is 46.5 Å². The van der Waals surface area contributed by atoms with Crippen molar-refractivity contribution in [1.82, 2.24) is 14.9 Å². The van der Waals surface area contributed by atoms with Crippen LogP contribution in [-0.2, 0) is 0 Å². The normalized spacial score (nSPS) is 15.9. The van der Waals surface area contributed by atoms with Gasteiger partial charge in [-0.25, -0.2) is 9.37 Å². The first-order valence-corrected chi connectivity index (χ1v) is 13.5. The average Bonchev–Trinajstić information content (AvgIpc) is 3.63. The lowest BCUT2D eigenvalue weighted by Gasteiger charge is -2.35. The fraction of sp³-hybridized carbons (Fsp3) is 0.355. The molecule has 0 unspecified atom stereocenters. The molecule has 0 radical (unpaired) electrons. The molecule has 1 N–H and O–H groups in total. The van der Waals surface area contributed by atoms with Gasteiger partial charge in [-0.2, -0.15) is 0 Å². The number of H-pyrrole nitrogens is 1. The molecule has 2 aromatic carbocycles. The molecule has 3 heterocycles. The summed E-state index contributed by atoms with van der Waals surface area (Å²) in [5.41, 5.74) is 4.56. The quantitative estimate of drug-likeness (QED) is 0.317. The number of halogens is 1. The molecule has 0 bridgehead atoms. The zero-order chi connectivity index (χ0) is 26.4. The fourth-order valence-electron chi connectivity index (χ4n) is 5.28. The van der Waals surface area contributed by atoms with E-state index >= 15 is 4.39 Å². The minimum Gasteiger partial charge on any atom is -0.487 e. The Morgan fingerprint density at radius 2 is 1.84 bits per heavy atom. The van der Waals surface area contributed by atoms with Crippen LogP contribution in [0.1, 0.15) is 55.6 Å². The number of anilines is 1. The Labute approximate surface area is 223 Å². The molecule has 1 saturated carbocycles. The van der Waals surface area contributed by atoms with Crippen LogP contribution in [0, 0.1) is 12.7 Å². The van der Waals surface area contributed by atoms with Crippen LogP contribution in [0.5, 0.6) is 5.75 Å². The van der Waals surface area contributed by atoms with Crippen LogP contribution in [0.3, 0.4) is 0 Å². The van der Waals surface area contributed by atoms with Crippen LogP contribution in [0.15, 0.2) is 54.7 Å². The van der Waals surface area contributed by atoms with Crippen molar-refractivity contribution < 1.29 is 15.3 Å². The van der Waals surface area contributed by atoms with Crippen LogP contribution in [-0.4, -0.2) is 53.1 Å². The minimum atomic E-state index is -0.283. The van der Waals surface area contributed by atoms with Gasteiger partial charge in [0, 0.05) is 39.2 Å². The monoisotopic (exact) mass is 514 g/mol. The van der Waals surface area contributed by atoms with Crippen molar-refractivity contribution in [2.24, 2.45) is 0 Å². The highest BCUT2D eigenvalue weighted by atomic mass is 19.1. The largest absolute Gasteiger partial charge is 0.487 e. The number of nitrogens with zero attached hydrogens (tertiary/aromatic N) is 3. The molecule has 2 fully saturated rings. The number of aryl methyl sites for hydroxylation is 1. The highest BCUT2D eigenvalue weighted by Crippen LogP contribution is 2.37. The van der Waals surface area contributed by atoms with Crippen LogP contribution in [0.25, 0.3) is 22.0 Å². The van der Waals surface area contributed by atoms with Crippen molar-refractivity contribution in [3.05, 3.63) is 77.4 Å². The smallest absolute Gasteiger partial charge is 0.270 e. The molecule has 7 heteroatoms. The Morgan fingerprint density at radius 1 is 1.08 bits per heavy atom. The molecule has 1 aliphatic heterocycles. The Morgan fingerprint density at radius 3 is 2.55 bits per heavy atom. The first-order chi connectivity index (χ1) is 18.4. The van der Waals surface area contributed by atoms with E-state index < -0.39 is 0 Å². The summed E-state index contributed by atoms with van der Waals surface area (Å²) in [6, 6.07) is 15.7. The van der Waals surface area contributed by atoms with E-state index in [1.165, 1.54) is 0 Å². The van der Waals surface area contributed by atoms with Crippen LogP contribution in [0.4, 0.5) is 10.2 Å². The van der Waals surface area contributed by atoms with E-state index in [0.29, 0.717) is 49.1 Å². The van der Waals surface area contributed by atoms with Crippen LogP contribution < -0.4 is 9.64 Å². The zero-order valence-corrected chi connectivity index (χ0v) is 22.1. The standard InChI is InChI=1S/C31H33FN4O2.H2/c1-19(2)23-17-24(22-8-5-4-7-20(22)3)25-18-26(34-29(25)28(23)32)31(37)36-15-13-35(14-16-36)30-27(9-6-12-33-30)38-21-10-11-21;/h4-9,12,17-19,21,34H,10-11,13-16H2,1-3H3;1H. The second-order valence-electron chi connectivity index (χ2n) is 10.7. The predicted molar refractivity (Wildman–Crippen MR) is 151 cm³/mol. The van der Waals surface area contributed by atoms with Crippen LogP contribution >= 0.6 is 0 Å². The summed E-state index contributed by atoms with van der Waals surface area (Å²) in [6.45, 7) is 8.46. The van der Waals surface area contributed by atoms with Gasteiger partial charge in [0.1, 0.15) is 5.69 Å². The Hall–Kier alpha value is -3.87. The highest BCUT2D eigenvalue weighted by Gasteiger charge is 2.29. The number of hydrogen-bond acceptors (Lipinski definition) is 4. The summed E-state index contributed by atoms with van der Waals surface area (Å²) in [4.78, 5) is 25.3. The third-order valence-electron chi connectivity index (χ3n) is 7.60. The number of benzene rings is 2. The summed E-state index contributed by atoms with van der Waals surface area (Å²) >= 11 is 0. The lowest BCUT2D eigenvalue weighted by molar-refractivity contribution is 0.0741. The summed E-state index contributed by atoms with van der Waals surface area (Å²) in [7, 11) is 0. The molecule has 38 heavy (non-hydrogen) atoms. The number of hydrogen-bond donors (Lipinski definition) is 1. The Bertz CT molecular complexity index is 1510. The van der Waals surface area contributed by atoms with Crippen molar-refractivity contribution in [3.8, 4) is 16.9 Å². The van der Waals surface area contributed by atoms with Crippen LogP contribution in [0.2, 0.25) is 0 Å². The lowest BCUT2D eigenvalue weighted by atomic mass is 9.92. The van der Waals surface area contributed by atoms with Gasteiger partial charge in [0.05, 0.1) is 11.6 Å². The maximum absolute atomic E-state index is 15.6. The molecule has 4 aromatic rings. The number of aromatic amines is 1. The number of ether oxygens (including phenoxy) is 1. The number of fused-ring (bicyclic) bond motifs is 1. The summed E-state index contributed by atoms with van der Waals surface area (Å²) in [5, 5.41) is 0.735. The van der Waals surface area contributed by atoms with Crippen molar-refractivity contribution in [2.75, 3.05) is 31.1 Å². The number of carbonyl (C=O) groups is 1. The Kier molecular flexibility index (Phi) is 6.30. The SMILES string of the molecule is Cc1ccccc1-c1cc(C(C)C)c(F)c2[nH]c(C(=O)N3CCN(c4ncccc4OC4CC4)CC3)cc12.[HH]. The highest BCUT2D eigenvalue weighted by molar-refractivity contribution is 6.04. The van der Waals surface area contributed by atoms with E-state index in [1.807, 2.05) is 55.1 Å². The number of nitrogens with one attached hydrogen (secondary N) is 1. The van der Waals surface area contributed by atoms with Gasteiger partial charge in [-0.05, 0) is 72.2 Å². The van der Waals surface area contributed by atoms with Crippen molar-refractivity contribution in [3.63, 3.8) is 0 Å². The number of piperazine rings is 1. The summed E-state index contributed by atoms with van der Waals surface area (Å²) in [6.07, 6.45) is 4.25. The van der Waals surface area contributed by atoms with E-state index in [-0.39, 0.29) is 19.1 Å². The van der Waals surface area contributed by atoms with Crippen molar-refractivity contribution >= 4 is 22.6 Å². The number of amides is 1. The fourth-order valence-corrected chi connectivity index (χ4v) is 5.28. The first-order valence-electron chi connectivity index (χ1n) is 13.5. The summed E-state index contributed by atoms with van der Waals surface area (Å²) < 4.78 is 21.7. The molecule has 1 saturated heterocycles. The van der Waals surface area contributed by atoms with E-state index in [2.05, 4.69) is 33.9 Å². The third kappa shape index (κ3) is 4.51. The number of carbonyl (C=O) groups excluding carboxylic acids is 1. The van der Waals surface area contributed by atoms with Gasteiger partial charge in [0.25, 0.3) is 5.91 Å². The first kappa shape index (κ1) is 24.5. The number of pyridine rings is 1. The second kappa shape index (κ2) is 9.78. The molecular weight excluding hydrogens is 479 g/mol. The average molecular weight is 515 g/mol. The van der Waals surface area contributed by atoms with Gasteiger partial charge in [-0.15, -0.1) is 0 Å². The maximum atomic E-state index is 15.6. The molecule has 1 aliphatic carbocycles. The van der Waals surface area contributed by atoms with Crippen molar-refractivity contribution in [1.29, 1.82) is 0 Å². The zero-order valence-electron chi connectivity index (χ0n) is 22.1. The maximum Gasteiger partial charge on any atom is 0.270 e. The van der Waals surface area contributed by atoms with Crippen molar-refractivity contribution in [2.45, 2.75) is 45.6 Å². The van der Waals surface area contributed by atoms with Gasteiger partial charge >= 0.3 is 0 Å². The molecular formula is C31H35FN4O2.